The highest BCUT2D eigenvalue weighted by atomic mass is 16.2. The van der Waals surface area contributed by atoms with Gasteiger partial charge in [-0.05, 0) is 83.6 Å². The molecule has 0 saturated heterocycles. The zero-order valence-corrected chi connectivity index (χ0v) is 16.1. The monoisotopic (exact) mass is 333 g/mol. The molecular weight excluding hydrogens is 298 g/mol. The predicted molar refractivity (Wildman–Crippen MR) is 105 cm³/mol. The third-order valence-corrected chi connectivity index (χ3v) is 3.59. The van der Waals surface area contributed by atoms with Crippen LogP contribution < -0.4 is 0 Å². The second-order valence-corrected chi connectivity index (χ2v) is 6.33. The normalized spacial score (nSPS) is 12.2. The lowest BCUT2D eigenvalue weighted by molar-refractivity contribution is 0.341. The summed E-state index contributed by atoms with van der Waals surface area (Å²) in [6.45, 7) is 11.0. The number of aliphatic hydroxyl groups is 1. The van der Waals surface area contributed by atoms with Gasteiger partial charge in [0.25, 0.3) is 0 Å². The van der Waals surface area contributed by atoms with Crippen LogP contribution in [0.3, 0.4) is 0 Å². The minimum atomic E-state index is 0.158. The molecule has 0 rings (SSSR count). The third-order valence-electron chi connectivity index (χ3n) is 3.59. The molecule has 2 N–H and O–H groups in total. The largest absolute Gasteiger partial charge is 0.392 e. The van der Waals surface area contributed by atoms with Crippen molar-refractivity contribution in [2.24, 2.45) is 0 Å². The van der Waals surface area contributed by atoms with Gasteiger partial charge in [-0.3, -0.25) is 0 Å². The second-order valence-electron chi connectivity index (χ2n) is 6.33. The number of hydrogen-bond donors (Lipinski definition) is 2. The Hall–Kier alpha value is -1.77. The van der Waals surface area contributed by atoms with E-state index in [0.717, 1.165) is 32.1 Å². The minimum Gasteiger partial charge on any atom is -0.392 e. The van der Waals surface area contributed by atoms with Crippen molar-refractivity contribution in [1.82, 2.24) is 0 Å². The molecule has 4 heteroatoms. The Kier molecular flexibility index (Phi) is 17.9. The fourth-order valence-electron chi connectivity index (χ4n) is 2.14. The van der Waals surface area contributed by atoms with Gasteiger partial charge in [-0.1, -0.05) is 46.6 Å². The van der Waals surface area contributed by atoms with Gasteiger partial charge in [0.05, 0.1) is 6.61 Å². The van der Waals surface area contributed by atoms with E-state index in [0.29, 0.717) is 0 Å². The molecule has 0 heterocycles. The van der Waals surface area contributed by atoms with Crippen LogP contribution in [0.15, 0.2) is 46.6 Å². The van der Waals surface area contributed by atoms with E-state index in [-0.39, 0.29) is 6.61 Å². The van der Waals surface area contributed by atoms with Gasteiger partial charge in [-0.2, -0.15) is 0 Å². The molecule has 0 fully saturated rings. The summed E-state index contributed by atoms with van der Waals surface area (Å²) in [6.07, 6.45) is 15.7. The Morgan fingerprint density at radius 2 is 1.12 bits per heavy atom. The first-order valence-electron chi connectivity index (χ1n) is 8.59. The molecule has 4 nitrogen and oxygen atoms in total. The Labute approximate surface area is 148 Å². The lowest BCUT2D eigenvalue weighted by Crippen LogP contribution is -1.83. The summed E-state index contributed by atoms with van der Waals surface area (Å²) in [7, 11) is 0. The third kappa shape index (κ3) is 20.2. The van der Waals surface area contributed by atoms with Crippen molar-refractivity contribution in [2.45, 2.75) is 73.1 Å². The van der Waals surface area contributed by atoms with Crippen molar-refractivity contribution < 1.29 is 5.11 Å². The van der Waals surface area contributed by atoms with Crippen LogP contribution in [0.4, 0.5) is 0 Å². The first kappa shape index (κ1) is 24.5. The molecule has 0 aromatic carbocycles. The molecular formula is C20H35N3O. The second kappa shape index (κ2) is 17.6. The highest BCUT2D eigenvalue weighted by molar-refractivity contribution is 5.07. The summed E-state index contributed by atoms with van der Waals surface area (Å²) in [5.41, 5.74) is 17.9. The smallest absolute Gasteiger partial charge is 0.0614 e. The molecule has 0 atom stereocenters. The van der Waals surface area contributed by atoms with E-state index in [2.05, 4.69) is 52.8 Å². The molecule has 0 bridgehead atoms. The summed E-state index contributed by atoms with van der Waals surface area (Å²) in [5, 5.41) is 8.80. The number of allylic oxidation sites excluding steroid dienone is 7. The van der Waals surface area contributed by atoms with Crippen LogP contribution in [0.2, 0.25) is 0 Å². The maximum Gasteiger partial charge on any atom is 0.0614 e. The summed E-state index contributed by atoms with van der Waals surface area (Å²) in [6, 6.07) is 0. The molecule has 0 unspecified atom stereocenters. The first-order chi connectivity index (χ1) is 11.4. The number of nitrogens with zero attached hydrogens (tertiary/aromatic N) is 2. The first-order valence-corrected chi connectivity index (χ1v) is 8.59. The van der Waals surface area contributed by atoms with E-state index >= 15 is 0 Å². The highest BCUT2D eigenvalue weighted by Gasteiger charge is 1.93. The lowest BCUT2D eigenvalue weighted by atomic mass is 10.0. The Bertz CT molecular complexity index is 475. The molecule has 0 aliphatic rings. The van der Waals surface area contributed by atoms with Gasteiger partial charge >= 0.3 is 0 Å². The molecule has 0 spiro atoms. The maximum absolute atomic E-state index is 8.80. The van der Waals surface area contributed by atoms with Crippen LogP contribution >= 0.6 is 0 Å². The fraction of sp³-hybridized carbons (Fsp3) is 0.600. The minimum absolute atomic E-state index is 0.158. The van der Waals surface area contributed by atoms with E-state index in [1.165, 1.54) is 28.7 Å². The van der Waals surface area contributed by atoms with Crippen LogP contribution in [0, 0.1) is 5.53 Å². The van der Waals surface area contributed by atoms with E-state index in [1.807, 2.05) is 6.08 Å². The van der Waals surface area contributed by atoms with E-state index in [1.54, 1.807) is 4.91 Å². The van der Waals surface area contributed by atoms with E-state index < -0.39 is 0 Å². The quantitative estimate of drug-likeness (QED) is 0.192. The van der Waals surface area contributed by atoms with Gasteiger partial charge in [0.1, 0.15) is 0 Å². The average Bonchev–Trinajstić information content (AvgIpc) is 2.48. The molecule has 24 heavy (non-hydrogen) atoms. The fourth-order valence-corrected chi connectivity index (χ4v) is 2.14. The van der Waals surface area contributed by atoms with Crippen molar-refractivity contribution in [3.8, 4) is 0 Å². The van der Waals surface area contributed by atoms with Gasteiger partial charge < -0.3 is 5.11 Å². The summed E-state index contributed by atoms with van der Waals surface area (Å²) in [5.74, 6) is 0. The maximum atomic E-state index is 8.80. The Morgan fingerprint density at radius 3 is 1.46 bits per heavy atom. The van der Waals surface area contributed by atoms with Crippen LogP contribution in [0.5, 0.6) is 0 Å². The molecule has 0 aliphatic heterocycles. The average molecular weight is 334 g/mol. The van der Waals surface area contributed by atoms with Crippen LogP contribution in [0.25, 0.3) is 10.4 Å². The molecule has 0 amide bonds. The molecule has 0 saturated carbocycles. The van der Waals surface area contributed by atoms with Gasteiger partial charge in [0, 0.05) is 0 Å². The molecule has 0 radical (unpaired) electrons. The number of nitrogens with one attached hydrogen (secondary N) is 1. The topological polar surface area (TPSA) is 80.5 Å². The molecule has 0 aromatic heterocycles. The van der Waals surface area contributed by atoms with Gasteiger partial charge in [0.2, 0.25) is 0 Å². The van der Waals surface area contributed by atoms with Gasteiger partial charge in [-0.15, -0.1) is 5.53 Å². The zero-order valence-electron chi connectivity index (χ0n) is 16.1. The summed E-state index contributed by atoms with van der Waals surface area (Å²) < 4.78 is 0. The van der Waals surface area contributed by atoms with E-state index in [4.69, 9.17) is 16.2 Å². The number of aliphatic hydroxyl groups excluding tert-OH is 1. The standard InChI is InChI=1S/C20H34O.HN3/c1-17(2)9-6-10-18(3)11-7-12-19(4)13-8-14-20(5)15-16-21;1-3-2/h9,11,13,15,21H,6-8,10,12,14,16H2,1-5H3;1H. The zero-order chi connectivity index (χ0) is 18.8. The van der Waals surface area contributed by atoms with Gasteiger partial charge in [-0.25, -0.2) is 0 Å². The summed E-state index contributed by atoms with van der Waals surface area (Å²) >= 11 is 0. The van der Waals surface area contributed by atoms with Crippen molar-refractivity contribution in [3.05, 3.63) is 57.0 Å². The van der Waals surface area contributed by atoms with Gasteiger partial charge in [0.15, 0.2) is 0 Å². The van der Waals surface area contributed by atoms with Crippen molar-refractivity contribution in [3.63, 3.8) is 0 Å². The highest BCUT2D eigenvalue weighted by Crippen LogP contribution is 2.13. The van der Waals surface area contributed by atoms with Crippen LogP contribution in [0.1, 0.15) is 73.1 Å². The summed E-state index contributed by atoms with van der Waals surface area (Å²) in [4.78, 5) is 1.75. The van der Waals surface area contributed by atoms with Crippen LogP contribution in [-0.2, 0) is 0 Å². The lowest BCUT2D eigenvalue weighted by Gasteiger charge is -2.02. The molecule has 136 valence electrons. The molecule has 0 aromatic rings. The van der Waals surface area contributed by atoms with E-state index in [9.17, 15) is 0 Å². The number of rotatable bonds is 10. The van der Waals surface area contributed by atoms with Crippen molar-refractivity contribution in [2.75, 3.05) is 6.61 Å². The van der Waals surface area contributed by atoms with Crippen molar-refractivity contribution in [1.29, 1.82) is 5.53 Å². The SMILES string of the molecule is CC(C)=CCCC(C)=CCCC(C)=CCCC(C)=CCO.[N-]=[N+]=N. The number of hydrogen-bond acceptors (Lipinski definition) is 2. The van der Waals surface area contributed by atoms with Crippen LogP contribution in [-0.4, -0.2) is 11.7 Å². The Morgan fingerprint density at radius 1 is 0.792 bits per heavy atom. The Balaban J connectivity index is 0. The van der Waals surface area contributed by atoms with Crippen molar-refractivity contribution >= 4 is 0 Å². The predicted octanol–water partition coefficient (Wildman–Crippen LogP) is 7.00. The molecule has 0 aliphatic carbocycles.